The fraction of sp³-hybridized carbons (Fsp3) is 1.00. The molecule has 0 spiro atoms. The van der Waals surface area contributed by atoms with Gasteiger partial charge in [0.1, 0.15) is 6.10 Å². The van der Waals surface area contributed by atoms with Crippen LogP contribution in [0.1, 0.15) is 6.92 Å². The van der Waals surface area contributed by atoms with Crippen molar-refractivity contribution in [2.75, 3.05) is 26.8 Å². The molecule has 0 aliphatic carbocycles. The first-order valence-corrected chi connectivity index (χ1v) is 3.65. The van der Waals surface area contributed by atoms with E-state index in [-0.39, 0.29) is 6.04 Å². The van der Waals surface area contributed by atoms with Gasteiger partial charge in [0.15, 0.2) is 0 Å². The molecule has 59 valence electrons. The highest BCUT2D eigenvalue weighted by molar-refractivity contribution is 4.76. The standard InChI is InChI=1S/C7H14NO2/c1-6(9)7-5-10-4-3-8(7)2/h6-7H,3-5H2,1-2H3. The van der Waals surface area contributed by atoms with E-state index in [1.54, 1.807) is 6.92 Å². The first kappa shape index (κ1) is 7.98. The van der Waals surface area contributed by atoms with E-state index >= 15 is 0 Å². The van der Waals surface area contributed by atoms with E-state index in [1.807, 2.05) is 7.05 Å². The Balaban J connectivity index is 2.40. The van der Waals surface area contributed by atoms with E-state index in [2.05, 4.69) is 4.90 Å². The lowest BCUT2D eigenvalue weighted by Crippen LogP contribution is -2.48. The molecule has 1 heterocycles. The molecule has 0 aromatic rings. The molecule has 0 amide bonds. The highest BCUT2D eigenvalue weighted by Crippen LogP contribution is 2.07. The van der Waals surface area contributed by atoms with Crippen molar-refractivity contribution in [3.8, 4) is 0 Å². The average Bonchev–Trinajstić information content (AvgIpc) is 1.88. The Morgan fingerprint density at radius 3 is 2.80 bits per heavy atom. The molecule has 2 unspecified atom stereocenters. The molecule has 1 fully saturated rings. The number of ether oxygens (including phenoxy) is 1. The summed E-state index contributed by atoms with van der Waals surface area (Å²) in [6.07, 6.45) is -0.537. The van der Waals surface area contributed by atoms with Crippen molar-refractivity contribution in [2.24, 2.45) is 0 Å². The van der Waals surface area contributed by atoms with Crippen LogP contribution in [0.15, 0.2) is 0 Å². The number of hydrogen-bond donors (Lipinski definition) is 0. The zero-order chi connectivity index (χ0) is 7.56. The van der Waals surface area contributed by atoms with Gasteiger partial charge in [-0.25, -0.2) is 5.11 Å². The van der Waals surface area contributed by atoms with Crippen LogP contribution in [0.2, 0.25) is 0 Å². The second kappa shape index (κ2) is 3.32. The molecule has 0 aromatic heterocycles. The summed E-state index contributed by atoms with van der Waals surface area (Å²) in [5.41, 5.74) is 0. The average molecular weight is 144 g/mol. The van der Waals surface area contributed by atoms with Crippen molar-refractivity contribution < 1.29 is 9.84 Å². The zero-order valence-electron chi connectivity index (χ0n) is 6.54. The molecule has 0 N–H and O–H groups in total. The minimum Gasteiger partial charge on any atom is -0.378 e. The number of morpholine rings is 1. The molecule has 1 aliphatic heterocycles. The second-order valence-electron chi connectivity index (χ2n) is 2.83. The molecule has 0 aromatic carbocycles. The summed E-state index contributed by atoms with van der Waals surface area (Å²) in [4.78, 5) is 2.07. The number of nitrogens with zero attached hydrogens (tertiary/aromatic N) is 1. The molecule has 2 atom stereocenters. The third-order valence-electron chi connectivity index (χ3n) is 1.98. The van der Waals surface area contributed by atoms with Gasteiger partial charge in [0.05, 0.1) is 19.3 Å². The van der Waals surface area contributed by atoms with Crippen LogP contribution in [-0.4, -0.2) is 43.9 Å². The smallest absolute Gasteiger partial charge is 0.108 e. The van der Waals surface area contributed by atoms with E-state index < -0.39 is 6.10 Å². The predicted octanol–water partition coefficient (Wildman–Crippen LogP) is 0.136. The van der Waals surface area contributed by atoms with Gasteiger partial charge >= 0.3 is 0 Å². The second-order valence-corrected chi connectivity index (χ2v) is 2.83. The molecule has 10 heavy (non-hydrogen) atoms. The number of likely N-dealkylation sites (N-methyl/N-ethyl adjacent to an activating group) is 1. The van der Waals surface area contributed by atoms with Crippen LogP contribution in [0.3, 0.4) is 0 Å². The summed E-state index contributed by atoms with van der Waals surface area (Å²) in [6, 6.07) is 0.0775. The van der Waals surface area contributed by atoms with E-state index in [9.17, 15) is 5.11 Å². The summed E-state index contributed by atoms with van der Waals surface area (Å²) >= 11 is 0. The topological polar surface area (TPSA) is 32.4 Å². The van der Waals surface area contributed by atoms with Crippen LogP contribution in [-0.2, 0) is 9.84 Å². The summed E-state index contributed by atoms with van der Waals surface area (Å²) in [5, 5.41) is 11.0. The van der Waals surface area contributed by atoms with E-state index in [0.717, 1.165) is 13.2 Å². The molecule has 1 radical (unpaired) electrons. The first-order valence-electron chi connectivity index (χ1n) is 3.65. The third kappa shape index (κ3) is 1.68. The van der Waals surface area contributed by atoms with Crippen molar-refractivity contribution in [1.29, 1.82) is 0 Å². The van der Waals surface area contributed by atoms with Gasteiger partial charge in [-0.15, -0.1) is 0 Å². The van der Waals surface area contributed by atoms with Gasteiger partial charge in [-0.3, -0.25) is 4.90 Å². The van der Waals surface area contributed by atoms with Gasteiger partial charge < -0.3 is 4.74 Å². The van der Waals surface area contributed by atoms with Crippen molar-refractivity contribution in [3.63, 3.8) is 0 Å². The summed E-state index contributed by atoms with van der Waals surface area (Å²) in [5.74, 6) is 0. The lowest BCUT2D eigenvalue weighted by atomic mass is 10.1. The van der Waals surface area contributed by atoms with E-state index in [0.29, 0.717) is 6.61 Å². The number of hydrogen-bond acceptors (Lipinski definition) is 2. The van der Waals surface area contributed by atoms with Crippen LogP contribution in [0.5, 0.6) is 0 Å². The summed E-state index contributed by atoms with van der Waals surface area (Å²) in [6.45, 7) is 3.94. The molecule has 1 saturated heterocycles. The molecule has 1 aliphatic rings. The molecule has 0 saturated carbocycles. The SMILES string of the molecule is CC([O])C1COCCN1C. The minimum atomic E-state index is -0.537. The predicted molar refractivity (Wildman–Crippen MR) is 37.4 cm³/mol. The number of rotatable bonds is 1. The van der Waals surface area contributed by atoms with E-state index in [1.165, 1.54) is 0 Å². The maximum atomic E-state index is 11.0. The summed E-state index contributed by atoms with van der Waals surface area (Å²) < 4.78 is 5.17. The van der Waals surface area contributed by atoms with Crippen LogP contribution < -0.4 is 0 Å². The first-order chi connectivity index (χ1) is 4.72. The van der Waals surface area contributed by atoms with Crippen LogP contribution in [0.4, 0.5) is 0 Å². The minimum absolute atomic E-state index is 0.0775. The van der Waals surface area contributed by atoms with Crippen LogP contribution in [0.25, 0.3) is 0 Å². The Labute approximate surface area is 61.6 Å². The molecule has 1 rings (SSSR count). The highest BCUT2D eigenvalue weighted by atomic mass is 16.5. The molecular weight excluding hydrogens is 130 g/mol. The Morgan fingerprint density at radius 2 is 2.40 bits per heavy atom. The van der Waals surface area contributed by atoms with Gasteiger partial charge in [-0.2, -0.15) is 0 Å². The van der Waals surface area contributed by atoms with Gasteiger partial charge in [-0.1, -0.05) is 0 Å². The normalized spacial score (nSPS) is 32.1. The monoisotopic (exact) mass is 144 g/mol. The zero-order valence-corrected chi connectivity index (χ0v) is 6.54. The maximum absolute atomic E-state index is 11.0. The van der Waals surface area contributed by atoms with Crippen molar-refractivity contribution in [1.82, 2.24) is 4.90 Å². The van der Waals surface area contributed by atoms with E-state index in [4.69, 9.17) is 4.74 Å². The van der Waals surface area contributed by atoms with Gasteiger partial charge in [0.25, 0.3) is 0 Å². The highest BCUT2D eigenvalue weighted by Gasteiger charge is 2.24. The van der Waals surface area contributed by atoms with Crippen molar-refractivity contribution >= 4 is 0 Å². The summed E-state index contributed by atoms with van der Waals surface area (Å²) in [7, 11) is 1.97. The molecule has 0 bridgehead atoms. The Morgan fingerprint density at radius 1 is 1.70 bits per heavy atom. The third-order valence-corrected chi connectivity index (χ3v) is 1.98. The van der Waals surface area contributed by atoms with Crippen LogP contribution >= 0.6 is 0 Å². The van der Waals surface area contributed by atoms with Gasteiger partial charge in [0, 0.05) is 6.54 Å². The molecule has 3 nitrogen and oxygen atoms in total. The Kier molecular flexibility index (Phi) is 2.65. The molecule has 3 heteroatoms. The molecular formula is C7H14NO2. The lowest BCUT2D eigenvalue weighted by molar-refractivity contribution is -0.0621. The van der Waals surface area contributed by atoms with Gasteiger partial charge in [0.2, 0.25) is 0 Å². The fourth-order valence-electron chi connectivity index (χ4n) is 1.20. The van der Waals surface area contributed by atoms with Crippen molar-refractivity contribution in [2.45, 2.75) is 19.1 Å². The van der Waals surface area contributed by atoms with Crippen LogP contribution in [0, 0.1) is 0 Å². The fourth-order valence-corrected chi connectivity index (χ4v) is 1.20. The Bertz CT molecular complexity index is 106. The quantitative estimate of drug-likeness (QED) is 0.524. The van der Waals surface area contributed by atoms with Gasteiger partial charge in [-0.05, 0) is 14.0 Å². The van der Waals surface area contributed by atoms with Crippen molar-refractivity contribution in [3.05, 3.63) is 0 Å². The largest absolute Gasteiger partial charge is 0.378 e. The maximum Gasteiger partial charge on any atom is 0.108 e. The Hall–Kier alpha value is -0.120. The lowest BCUT2D eigenvalue weighted by Gasteiger charge is -2.33.